The fourth-order valence-electron chi connectivity index (χ4n) is 1.45. The van der Waals surface area contributed by atoms with Crippen molar-refractivity contribution in [3.05, 3.63) is 54.6 Å². The predicted octanol–water partition coefficient (Wildman–Crippen LogP) is 2.99. The quantitative estimate of drug-likeness (QED) is 0.686. The molecule has 0 unspecified atom stereocenters. The Morgan fingerprint density at radius 1 is 0.667 bits per heavy atom. The summed E-state index contributed by atoms with van der Waals surface area (Å²) in [5.41, 5.74) is 2.06. The zero-order valence-electron chi connectivity index (χ0n) is 8.03. The molecule has 0 aliphatic carbocycles. The van der Waals surface area contributed by atoms with Gasteiger partial charge in [-0.25, -0.2) is 0 Å². The molecule has 0 N–H and O–H groups in total. The van der Waals surface area contributed by atoms with Gasteiger partial charge in [-0.3, -0.25) is 0 Å². The minimum absolute atomic E-state index is 0.287. The fourth-order valence-corrected chi connectivity index (χ4v) is 3.33. The molecule has 0 spiro atoms. The van der Waals surface area contributed by atoms with Gasteiger partial charge in [0, 0.05) is 0 Å². The third kappa shape index (κ3) is 2.62. The molecule has 0 radical (unpaired) electrons. The number of benzene rings is 2. The summed E-state index contributed by atoms with van der Waals surface area (Å²) in [5, 5.41) is 0. The number of rotatable bonds is 2. The minimum atomic E-state index is -4.39. The van der Waals surface area contributed by atoms with Gasteiger partial charge in [0.05, 0.1) is 0 Å². The van der Waals surface area contributed by atoms with Gasteiger partial charge in [0.25, 0.3) is 0 Å². The van der Waals surface area contributed by atoms with Gasteiger partial charge < -0.3 is 0 Å². The van der Waals surface area contributed by atoms with Crippen LogP contribution in [0.5, 0.6) is 0 Å². The van der Waals surface area contributed by atoms with Crippen LogP contribution in [0.3, 0.4) is 0 Å². The van der Waals surface area contributed by atoms with Crippen LogP contribution in [0.2, 0.25) is 0 Å². The molecule has 0 aliphatic rings. The van der Waals surface area contributed by atoms with Gasteiger partial charge in [-0.2, -0.15) is 0 Å². The Labute approximate surface area is 97.6 Å². The molecule has 0 aromatic heterocycles. The summed E-state index contributed by atoms with van der Waals surface area (Å²) >= 11 is -4.39. The first-order chi connectivity index (χ1) is 7.27. The van der Waals surface area contributed by atoms with Gasteiger partial charge in [0.15, 0.2) is 0 Å². The van der Waals surface area contributed by atoms with Crippen molar-refractivity contribution in [1.29, 1.82) is 0 Å². The van der Waals surface area contributed by atoms with E-state index in [0.29, 0.717) is 0 Å². The van der Waals surface area contributed by atoms with Crippen LogP contribution in [0.1, 0.15) is 0 Å². The SMILES string of the molecule is [F][Tl]([F])[c]1ccc(-c2ccccc2)cc1. The van der Waals surface area contributed by atoms with E-state index < -0.39 is 24.0 Å². The van der Waals surface area contributed by atoms with Crippen LogP contribution in [0.25, 0.3) is 11.1 Å². The molecule has 2 rings (SSSR count). The molecule has 2 aromatic carbocycles. The number of hydrogen-bond acceptors (Lipinski definition) is 0. The Hall–Kier alpha value is -0.778. The first kappa shape index (κ1) is 10.7. The van der Waals surface area contributed by atoms with Crippen molar-refractivity contribution < 1.29 is 5.02 Å². The van der Waals surface area contributed by atoms with Crippen molar-refractivity contribution in [2.75, 3.05) is 0 Å². The Balaban J connectivity index is 2.32. The molecule has 0 fully saturated rings. The van der Waals surface area contributed by atoms with E-state index in [-0.39, 0.29) is 3.12 Å². The first-order valence-corrected chi connectivity index (χ1v) is 10.3. The van der Waals surface area contributed by atoms with Crippen LogP contribution in [-0.4, -0.2) is 24.0 Å². The van der Waals surface area contributed by atoms with Crippen LogP contribution in [0, 0.1) is 0 Å². The summed E-state index contributed by atoms with van der Waals surface area (Å²) < 4.78 is 25.3. The molecule has 0 atom stereocenters. The second-order valence-corrected chi connectivity index (χ2v) is 8.22. The van der Waals surface area contributed by atoms with Crippen molar-refractivity contribution in [3.8, 4) is 11.1 Å². The van der Waals surface area contributed by atoms with E-state index in [1.54, 1.807) is 24.3 Å². The molecule has 0 saturated carbocycles. The first-order valence-electron chi connectivity index (χ1n) is 4.71. The molecule has 0 aliphatic heterocycles. The Morgan fingerprint density at radius 3 is 1.73 bits per heavy atom. The van der Waals surface area contributed by atoms with Crippen molar-refractivity contribution in [2.24, 2.45) is 0 Å². The van der Waals surface area contributed by atoms with Crippen LogP contribution < -0.4 is 3.12 Å². The average molecular weight is 396 g/mol. The van der Waals surface area contributed by atoms with Gasteiger partial charge in [-0.05, 0) is 0 Å². The molecule has 0 amide bonds. The van der Waals surface area contributed by atoms with E-state index in [4.69, 9.17) is 0 Å². The van der Waals surface area contributed by atoms with Crippen molar-refractivity contribution in [2.45, 2.75) is 0 Å². The van der Waals surface area contributed by atoms with Crippen molar-refractivity contribution >= 4 is 27.1 Å². The second-order valence-electron chi connectivity index (χ2n) is 3.29. The third-order valence-corrected chi connectivity index (χ3v) is 5.73. The Morgan fingerprint density at radius 2 is 1.20 bits per heavy atom. The zero-order valence-corrected chi connectivity index (χ0v) is 12.5. The molecule has 0 heterocycles. The zero-order chi connectivity index (χ0) is 10.7. The standard InChI is InChI=1S/C12H9.2FH.Tl/c1-3-7-11(8-4-1)12-9-5-2-6-10-12;;;/h1,3-10H;2*1H;/q;;;+2/p-2. The number of halogens is 2. The van der Waals surface area contributed by atoms with Gasteiger partial charge in [-0.15, -0.1) is 0 Å². The predicted molar refractivity (Wildman–Crippen MR) is 59.5 cm³/mol. The van der Waals surface area contributed by atoms with E-state index in [2.05, 4.69) is 0 Å². The topological polar surface area (TPSA) is 0 Å². The van der Waals surface area contributed by atoms with Crippen LogP contribution >= 0.6 is 0 Å². The van der Waals surface area contributed by atoms with E-state index in [9.17, 15) is 5.02 Å². The van der Waals surface area contributed by atoms with E-state index in [0.717, 1.165) is 11.1 Å². The maximum absolute atomic E-state index is 12.5. The van der Waals surface area contributed by atoms with E-state index in [1.165, 1.54) is 0 Å². The third-order valence-electron chi connectivity index (χ3n) is 2.27. The van der Waals surface area contributed by atoms with Crippen LogP contribution in [-0.2, 0) is 0 Å². The van der Waals surface area contributed by atoms with Crippen LogP contribution in [0.15, 0.2) is 54.6 Å². The van der Waals surface area contributed by atoms with Crippen molar-refractivity contribution in [3.63, 3.8) is 0 Å². The molecule has 0 bridgehead atoms. The Bertz CT molecular complexity index is 423. The number of hydrogen-bond donors (Lipinski definition) is 0. The molecule has 15 heavy (non-hydrogen) atoms. The van der Waals surface area contributed by atoms with Crippen LogP contribution in [0.4, 0.5) is 5.02 Å². The summed E-state index contributed by atoms with van der Waals surface area (Å²) in [4.78, 5) is 0. The van der Waals surface area contributed by atoms with E-state index in [1.807, 2.05) is 30.3 Å². The molecular formula is C12H9F2Tl. The Kier molecular flexibility index (Phi) is 3.46. The van der Waals surface area contributed by atoms with E-state index >= 15 is 0 Å². The molecule has 0 nitrogen and oxygen atoms in total. The average Bonchev–Trinajstić information content (AvgIpc) is 2.30. The monoisotopic (exact) mass is 396 g/mol. The van der Waals surface area contributed by atoms with Gasteiger partial charge in [0.2, 0.25) is 0 Å². The summed E-state index contributed by atoms with van der Waals surface area (Å²) in [5.74, 6) is 0. The fraction of sp³-hybridized carbons (Fsp3) is 0. The molecule has 2 aromatic rings. The maximum atomic E-state index is 12.5. The second kappa shape index (κ2) is 4.83. The molecular weight excluding hydrogens is 387 g/mol. The van der Waals surface area contributed by atoms with Gasteiger partial charge in [0.1, 0.15) is 0 Å². The van der Waals surface area contributed by atoms with Crippen molar-refractivity contribution in [1.82, 2.24) is 0 Å². The summed E-state index contributed by atoms with van der Waals surface area (Å²) in [6.45, 7) is 0. The summed E-state index contributed by atoms with van der Waals surface area (Å²) in [6, 6.07) is 16.4. The van der Waals surface area contributed by atoms with Gasteiger partial charge in [-0.1, -0.05) is 0 Å². The normalized spacial score (nSPS) is 10.0. The van der Waals surface area contributed by atoms with Gasteiger partial charge >= 0.3 is 97.8 Å². The molecule has 74 valence electrons. The molecule has 3 heteroatoms. The molecule has 0 saturated heterocycles. The summed E-state index contributed by atoms with van der Waals surface area (Å²) in [7, 11) is 0. The summed E-state index contributed by atoms with van der Waals surface area (Å²) in [6.07, 6.45) is 0.